The highest BCUT2D eigenvalue weighted by Gasteiger charge is 2.26. The van der Waals surface area contributed by atoms with Gasteiger partial charge >= 0.3 is 0 Å². The molecule has 4 unspecified atom stereocenters. The Labute approximate surface area is 123 Å². The predicted molar refractivity (Wildman–Crippen MR) is 81.7 cm³/mol. The van der Waals surface area contributed by atoms with Gasteiger partial charge in [0.15, 0.2) is 0 Å². The topological polar surface area (TPSA) is 46.9 Å². The maximum Gasteiger partial charge on any atom is 0.0552 e. The zero-order chi connectivity index (χ0) is 14.5. The first kappa shape index (κ1) is 16.2. The molecule has 0 spiro atoms. The van der Waals surface area contributed by atoms with Crippen LogP contribution in [0.25, 0.3) is 0 Å². The Balaban J connectivity index is 1.52. The van der Waals surface area contributed by atoms with Gasteiger partial charge in [-0.3, -0.25) is 0 Å². The fourth-order valence-corrected chi connectivity index (χ4v) is 3.59. The minimum Gasteiger partial charge on any atom is -0.393 e. The van der Waals surface area contributed by atoms with Gasteiger partial charge in [0.25, 0.3) is 0 Å². The minimum atomic E-state index is -0.151. The molecule has 2 aliphatic heterocycles. The molecule has 0 amide bonds. The van der Waals surface area contributed by atoms with Gasteiger partial charge in [-0.2, -0.15) is 0 Å². The van der Waals surface area contributed by atoms with Crippen molar-refractivity contribution in [1.29, 1.82) is 0 Å². The van der Waals surface area contributed by atoms with E-state index in [-0.39, 0.29) is 12.2 Å². The van der Waals surface area contributed by atoms with Gasteiger partial charge in [0.05, 0.1) is 12.2 Å². The molecule has 0 aromatic heterocycles. The van der Waals surface area contributed by atoms with Gasteiger partial charge < -0.3 is 20.0 Å². The maximum absolute atomic E-state index is 9.60. The second kappa shape index (κ2) is 7.74. The number of nitrogens with zero attached hydrogens (tertiary/aromatic N) is 2. The van der Waals surface area contributed by atoms with Crippen molar-refractivity contribution < 1.29 is 10.2 Å². The molecule has 4 nitrogen and oxygen atoms in total. The lowest BCUT2D eigenvalue weighted by Gasteiger charge is -2.19. The SMILES string of the molecule is CC(O)C1CCN(CCCCN2CCC(C(C)O)C2)C1. The van der Waals surface area contributed by atoms with E-state index in [2.05, 4.69) is 9.80 Å². The third kappa shape index (κ3) is 4.69. The van der Waals surface area contributed by atoms with Gasteiger partial charge in [-0.15, -0.1) is 0 Å². The first-order valence-electron chi connectivity index (χ1n) is 8.37. The summed E-state index contributed by atoms with van der Waals surface area (Å²) in [5, 5.41) is 19.2. The molecule has 2 N–H and O–H groups in total. The molecule has 118 valence electrons. The zero-order valence-corrected chi connectivity index (χ0v) is 13.2. The van der Waals surface area contributed by atoms with Crippen LogP contribution in [0.15, 0.2) is 0 Å². The van der Waals surface area contributed by atoms with Crippen LogP contribution < -0.4 is 0 Å². The van der Waals surface area contributed by atoms with E-state index >= 15 is 0 Å². The predicted octanol–water partition coefficient (Wildman–Crippen LogP) is 1.17. The van der Waals surface area contributed by atoms with Crippen LogP contribution in [0.2, 0.25) is 0 Å². The third-order valence-corrected chi connectivity index (χ3v) is 5.18. The van der Waals surface area contributed by atoms with E-state index in [1.54, 1.807) is 0 Å². The number of hydrogen-bond acceptors (Lipinski definition) is 4. The van der Waals surface area contributed by atoms with E-state index in [0.717, 1.165) is 39.0 Å². The van der Waals surface area contributed by atoms with E-state index in [1.807, 2.05) is 13.8 Å². The zero-order valence-electron chi connectivity index (χ0n) is 13.2. The number of aliphatic hydroxyl groups is 2. The lowest BCUT2D eigenvalue weighted by atomic mass is 10.0. The first-order chi connectivity index (χ1) is 9.56. The highest BCUT2D eigenvalue weighted by molar-refractivity contribution is 4.80. The molecule has 0 aromatic carbocycles. The summed E-state index contributed by atoms with van der Waals surface area (Å²) >= 11 is 0. The molecule has 0 aromatic rings. The van der Waals surface area contributed by atoms with Crippen molar-refractivity contribution in [2.45, 2.75) is 51.7 Å². The van der Waals surface area contributed by atoms with Gasteiger partial charge in [-0.1, -0.05) is 0 Å². The Bertz CT molecular complexity index is 256. The van der Waals surface area contributed by atoms with Crippen LogP contribution in [-0.2, 0) is 0 Å². The highest BCUT2D eigenvalue weighted by atomic mass is 16.3. The van der Waals surface area contributed by atoms with Gasteiger partial charge in [0, 0.05) is 13.1 Å². The molecule has 2 saturated heterocycles. The lowest BCUT2D eigenvalue weighted by molar-refractivity contribution is 0.126. The van der Waals surface area contributed by atoms with Gasteiger partial charge in [0.2, 0.25) is 0 Å². The van der Waals surface area contributed by atoms with Crippen molar-refractivity contribution in [2.24, 2.45) is 11.8 Å². The molecule has 0 bridgehead atoms. The molecule has 4 atom stereocenters. The van der Waals surface area contributed by atoms with E-state index in [1.165, 1.54) is 25.9 Å². The fourth-order valence-electron chi connectivity index (χ4n) is 3.59. The summed E-state index contributed by atoms with van der Waals surface area (Å²) in [6.45, 7) is 10.7. The standard InChI is InChI=1S/C16H32N2O2/c1-13(19)15-5-9-17(11-15)7-3-4-8-18-10-6-16(12-18)14(2)20/h13-16,19-20H,3-12H2,1-2H3. The Morgan fingerprint density at radius 1 is 0.850 bits per heavy atom. The summed E-state index contributed by atoms with van der Waals surface area (Å²) < 4.78 is 0. The quantitative estimate of drug-likeness (QED) is 0.689. The van der Waals surface area contributed by atoms with Crippen LogP contribution >= 0.6 is 0 Å². The molecular weight excluding hydrogens is 252 g/mol. The van der Waals surface area contributed by atoms with E-state index in [9.17, 15) is 10.2 Å². The largest absolute Gasteiger partial charge is 0.393 e. The molecule has 0 radical (unpaired) electrons. The number of unbranched alkanes of at least 4 members (excludes halogenated alkanes) is 1. The normalized spacial score (nSPS) is 31.8. The molecule has 2 fully saturated rings. The highest BCUT2D eigenvalue weighted by Crippen LogP contribution is 2.21. The van der Waals surface area contributed by atoms with Crippen molar-refractivity contribution in [1.82, 2.24) is 9.80 Å². The number of likely N-dealkylation sites (tertiary alicyclic amines) is 2. The summed E-state index contributed by atoms with van der Waals surface area (Å²) in [6.07, 6.45) is 4.51. The molecule has 2 aliphatic rings. The maximum atomic E-state index is 9.60. The Morgan fingerprint density at radius 3 is 1.55 bits per heavy atom. The van der Waals surface area contributed by atoms with Crippen LogP contribution in [0.1, 0.15) is 39.5 Å². The van der Waals surface area contributed by atoms with Crippen LogP contribution in [0, 0.1) is 11.8 Å². The second-order valence-electron chi connectivity index (χ2n) is 6.89. The van der Waals surface area contributed by atoms with Crippen LogP contribution in [0.3, 0.4) is 0 Å². The minimum absolute atomic E-state index is 0.151. The molecule has 0 saturated carbocycles. The summed E-state index contributed by atoms with van der Waals surface area (Å²) in [4.78, 5) is 5.00. The summed E-state index contributed by atoms with van der Waals surface area (Å²) in [5.74, 6) is 0.973. The Morgan fingerprint density at radius 2 is 1.25 bits per heavy atom. The van der Waals surface area contributed by atoms with Crippen molar-refractivity contribution in [3.63, 3.8) is 0 Å². The van der Waals surface area contributed by atoms with E-state index in [4.69, 9.17) is 0 Å². The van der Waals surface area contributed by atoms with Crippen molar-refractivity contribution in [2.75, 3.05) is 39.3 Å². The summed E-state index contributed by atoms with van der Waals surface area (Å²) in [7, 11) is 0. The average Bonchev–Trinajstić information content (AvgIpc) is 3.04. The van der Waals surface area contributed by atoms with Gasteiger partial charge in [-0.05, 0) is 77.5 Å². The summed E-state index contributed by atoms with van der Waals surface area (Å²) in [6, 6.07) is 0. The molecule has 4 heteroatoms. The monoisotopic (exact) mass is 284 g/mol. The Kier molecular flexibility index (Phi) is 6.27. The van der Waals surface area contributed by atoms with E-state index < -0.39 is 0 Å². The first-order valence-corrected chi connectivity index (χ1v) is 8.37. The second-order valence-corrected chi connectivity index (χ2v) is 6.89. The average molecular weight is 284 g/mol. The molecular formula is C16H32N2O2. The van der Waals surface area contributed by atoms with E-state index in [0.29, 0.717) is 11.8 Å². The molecule has 0 aliphatic carbocycles. The number of rotatable bonds is 7. The Hall–Kier alpha value is -0.160. The van der Waals surface area contributed by atoms with Crippen LogP contribution in [-0.4, -0.2) is 71.5 Å². The van der Waals surface area contributed by atoms with Crippen molar-refractivity contribution >= 4 is 0 Å². The summed E-state index contributed by atoms with van der Waals surface area (Å²) in [5.41, 5.74) is 0. The van der Waals surface area contributed by atoms with Crippen LogP contribution in [0.4, 0.5) is 0 Å². The number of hydrogen-bond donors (Lipinski definition) is 2. The smallest absolute Gasteiger partial charge is 0.0552 e. The van der Waals surface area contributed by atoms with Crippen molar-refractivity contribution in [3.8, 4) is 0 Å². The number of aliphatic hydroxyl groups excluding tert-OH is 2. The fraction of sp³-hybridized carbons (Fsp3) is 1.00. The van der Waals surface area contributed by atoms with Gasteiger partial charge in [-0.25, -0.2) is 0 Å². The van der Waals surface area contributed by atoms with Gasteiger partial charge in [0.1, 0.15) is 0 Å². The molecule has 2 heterocycles. The third-order valence-electron chi connectivity index (χ3n) is 5.18. The van der Waals surface area contributed by atoms with Crippen molar-refractivity contribution in [3.05, 3.63) is 0 Å². The molecule has 20 heavy (non-hydrogen) atoms. The molecule has 2 rings (SSSR count). The lowest BCUT2D eigenvalue weighted by Crippen LogP contribution is -2.27. The van der Waals surface area contributed by atoms with Crippen LogP contribution in [0.5, 0.6) is 0 Å².